The summed E-state index contributed by atoms with van der Waals surface area (Å²) in [5, 5.41) is 11.4. The zero-order chi connectivity index (χ0) is 20.9. The van der Waals surface area contributed by atoms with Crippen molar-refractivity contribution < 1.29 is 23.9 Å². The number of amides is 1. The Hall–Kier alpha value is -3.60. The highest BCUT2D eigenvalue weighted by molar-refractivity contribution is 6.02. The molecule has 0 aliphatic carbocycles. The Morgan fingerprint density at radius 3 is 2.39 bits per heavy atom. The number of hydrogen-bond donors (Lipinski definition) is 1. The van der Waals surface area contributed by atoms with Gasteiger partial charge in [0, 0.05) is 24.9 Å². The standard InChI is InChI=1S/C20H23N3O5/c1-4-18(24)27-12-11-22-20(26)28-19(25)16(14-21)13-15-7-9-17(10-8-15)23(5-2)6-3/h4,7-10,13H,1,5-6,11-12H2,2-3H3,(H,22,26). The van der Waals surface area contributed by atoms with Crippen molar-refractivity contribution in [1.82, 2.24) is 5.32 Å². The molecule has 0 unspecified atom stereocenters. The van der Waals surface area contributed by atoms with Crippen molar-refractivity contribution in [2.45, 2.75) is 13.8 Å². The monoisotopic (exact) mass is 385 g/mol. The number of hydrogen-bond acceptors (Lipinski definition) is 7. The van der Waals surface area contributed by atoms with E-state index in [9.17, 15) is 14.4 Å². The van der Waals surface area contributed by atoms with Crippen molar-refractivity contribution in [1.29, 1.82) is 5.26 Å². The summed E-state index contributed by atoms with van der Waals surface area (Å²) in [6.07, 6.45) is 1.28. The van der Waals surface area contributed by atoms with Gasteiger partial charge in [-0.05, 0) is 37.6 Å². The molecule has 0 saturated carbocycles. The van der Waals surface area contributed by atoms with Gasteiger partial charge in [-0.2, -0.15) is 5.26 Å². The number of carbonyl (C=O) groups is 3. The van der Waals surface area contributed by atoms with Crippen LogP contribution in [-0.2, 0) is 19.1 Å². The van der Waals surface area contributed by atoms with Crippen LogP contribution >= 0.6 is 0 Å². The molecule has 0 saturated heterocycles. The third-order valence-corrected chi connectivity index (χ3v) is 3.64. The van der Waals surface area contributed by atoms with Gasteiger partial charge in [0.15, 0.2) is 0 Å². The summed E-state index contributed by atoms with van der Waals surface area (Å²) in [6.45, 7) is 8.91. The molecule has 1 aromatic carbocycles. The van der Waals surface area contributed by atoms with Gasteiger partial charge >= 0.3 is 18.0 Å². The van der Waals surface area contributed by atoms with E-state index in [1.165, 1.54) is 6.08 Å². The van der Waals surface area contributed by atoms with Gasteiger partial charge in [0.2, 0.25) is 0 Å². The van der Waals surface area contributed by atoms with Crippen molar-refractivity contribution in [2.24, 2.45) is 0 Å². The number of benzene rings is 1. The van der Waals surface area contributed by atoms with Gasteiger partial charge in [0.25, 0.3) is 0 Å². The molecule has 0 fully saturated rings. The summed E-state index contributed by atoms with van der Waals surface area (Å²) in [4.78, 5) is 36.5. The molecule has 0 aliphatic rings. The third-order valence-electron chi connectivity index (χ3n) is 3.64. The quantitative estimate of drug-likeness (QED) is 0.229. The van der Waals surface area contributed by atoms with Crippen LogP contribution < -0.4 is 10.2 Å². The Morgan fingerprint density at radius 1 is 1.21 bits per heavy atom. The van der Waals surface area contributed by atoms with Crippen LogP contribution in [0.4, 0.5) is 10.5 Å². The Morgan fingerprint density at radius 2 is 1.86 bits per heavy atom. The molecular formula is C20H23N3O5. The van der Waals surface area contributed by atoms with Gasteiger partial charge in [-0.3, -0.25) is 0 Å². The first kappa shape index (κ1) is 22.4. The largest absolute Gasteiger partial charge is 0.461 e. The minimum atomic E-state index is -1.07. The number of rotatable bonds is 9. The maximum Gasteiger partial charge on any atom is 0.415 e. The number of anilines is 1. The van der Waals surface area contributed by atoms with E-state index in [1.807, 2.05) is 12.1 Å². The van der Waals surface area contributed by atoms with Crippen LogP contribution in [0.25, 0.3) is 6.08 Å². The summed E-state index contributed by atoms with van der Waals surface area (Å²) < 4.78 is 9.21. The Bertz CT molecular complexity index is 774. The molecule has 1 amide bonds. The predicted molar refractivity (Wildman–Crippen MR) is 104 cm³/mol. The van der Waals surface area contributed by atoms with Crippen molar-refractivity contribution in [3.8, 4) is 6.07 Å². The number of alkyl carbamates (subject to hydrolysis) is 1. The van der Waals surface area contributed by atoms with Gasteiger partial charge < -0.3 is 19.7 Å². The summed E-state index contributed by atoms with van der Waals surface area (Å²) in [6, 6.07) is 9.03. The maximum atomic E-state index is 12.0. The number of carbonyl (C=O) groups excluding carboxylic acids is 3. The highest BCUT2D eigenvalue weighted by Crippen LogP contribution is 2.17. The van der Waals surface area contributed by atoms with Gasteiger partial charge in [-0.1, -0.05) is 18.7 Å². The lowest BCUT2D eigenvalue weighted by Crippen LogP contribution is -2.30. The first-order valence-corrected chi connectivity index (χ1v) is 8.71. The average molecular weight is 385 g/mol. The van der Waals surface area contributed by atoms with Gasteiger partial charge in [0.1, 0.15) is 18.2 Å². The van der Waals surface area contributed by atoms with Crippen LogP contribution in [0.2, 0.25) is 0 Å². The fourth-order valence-corrected chi connectivity index (χ4v) is 2.21. The summed E-state index contributed by atoms with van der Waals surface area (Å²) >= 11 is 0. The predicted octanol–water partition coefficient (Wildman–Crippen LogP) is 2.42. The van der Waals surface area contributed by atoms with Gasteiger partial charge in [-0.25, -0.2) is 14.4 Å². The highest BCUT2D eigenvalue weighted by Gasteiger charge is 2.15. The zero-order valence-electron chi connectivity index (χ0n) is 15.9. The van der Waals surface area contributed by atoms with E-state index in [1.54, 1.807) is 18.2 Å². The molecule has 8 heteroatoms. The number of nitrogens with zero attached hydrogens (tertiary/aromatic N) is 2. The molecule has 0 bridgehead atoms. The Kier molecular flexibility index (Phi) is 9.54. The SMILES string of the molecule is C=CC(=O)OCCNC(=O)OC(=O)C(C#N)=Cc1ccc(N(CC)CC)cc1. The molecule has 0 heterocycles. The first-order chi connectivity index (χ1) is 13.4. The summed E-state index contributed by atoms with van der Waals surface area (Å²) in [5.74, 6) is -1.70. The lowest BCUT2D eigenvalue weighted by Gasteiger charge is -2.20. The molecule has 8 nitrogen and oxygen atoms in total. The third kappa shape index (κ3) is 7.33. The average Bonchev–Trinajstić information content (AvgIpc) is 2.70. The topological polar surface area (TPSA) is 109 Å². The van der Waals surface area contributed by atoms with Crippen LogP contribution in [0.5, 0.6) is 0 Å². The second-order valence-corrected chi connectivity index (χ2v) is 5.41. The van der Waals surface area contributed by atoms with E-state index in [4.69, 9.17) is 5.26 Å². The number of nitrogens with one attached hydrogen (secondary N) is 1. The Balaban J connectivity index is 2.65. The van der Waals surface area contributed by atoms with E-state index in [0.29, 0.717) is 5.56 Å². The second kappa shape index (κ2) is 11.9. The molecule has 0 atom stereocenters. The van der Waals surface area contributed by atoms with Crippen molar-refractivity contribution in [2.75, 3.05) is 31.1 Å². The van der Waals surface area contributed by atoms with Crippen molar-refractivity contribution >= 4 is 29.8 Å². The fraction of sp³-hybridized carbons (Fsp3) is 0.300. The van der Waals surface area contributed by atoms with Crippen molar-refractivity contribution in [3.63, 3.8) is 0 Å². The molecule has 148 valence electrons. The first-order valence-electron chi connectivity index (χ1n) is 8.71. The zero-order valence-corrected chi connectivity index (χ0v) is 15.9. The lowest BCUT2D eigenvalue weighted by atomic mass is 10.1. The normalized spacial score (nSPS) is 10.4. The number of nitriles is 1. The number of ether oxygens (including phenoxy) is 2. The molecule has 0 aliphatic heterocycles. The molecule has 1 rings (SSSR count). The van der Waals surface area contributed by atoms with E-state index < -0.39 is 18.0 Å². The molecular weight excluding hydrogens is 362 g/mol. The van der Waals surface area contributed by atoms with Crippen LogP contribution in [0.1, 0.15) is 19.4 Å². The number of esters is 2. The summed E-state index contributed by atoms with van der Waals surface area (Å²) in [7, 11) is 0. The minimum Gasteiger partial charge on any atom is -0.461 e. The van der Waals surface area contributed by atoms with Crippen molar-refractivity contribution in [3.05, 3.63) is 48.1 Å². The second-order valence-electron chi connectivity index (χ2n) is 5.41. The van der Waals surface area contributed by atoms with Crippen LogP contribution in [-0.4, -0.2) is 44.3 Å². The smallest absolute Gasteiger partial charge is 0.415 e. The fourth-order valence-electron chi connectivity index (χ4n) is 2.21. The van der Waals surface area contributed by atoms with E-state index in [0.717, 1.165) is 24.9 Å². The Labute approximate surface area is 164 Å². The summed E-state index contributed by atoms with van der Waals surface area (Å²) in [5.41, 5.74) is 1.34. The molecule has 0 aromatic heterocycles. The highest BCUT2D eigenvalue weighted by atomic mass is 16.6. The molecule has 0 spiro atoms. The van der Waals surface area contributed by atoms with Crippen LogP contribution in [0.3, 0.4) is 0 Å². The van der Waals surface area contributed by atoms with E-state index in [2.05, 4.69) is 40.1 Å². The van der Waals surface area contributed by atoms with Crippen LogP contribution in [0.15, 0.2) is 42.5 Å². The van der Waals surface area contributed by atoms with E-state index in [-0.39, 0.29) is 18.7 Å². The van der Waals surface area contributed by atoms with E-state index >= 15 is 0 Å². The maximum absolute atomic E-state index is 12.0. The molecule has 1 aromatic rings. The molecule has 1 N–H and O–H groups in total. The van der Waals surface area contributed by atoms with Gasteiger partial charge in [-0.15, -0.1) is 0 Å². The molecule has 28 heavy (non-hydrogen) atoms. The molecule has 0 radical (unpaired) electrons. The lowest BCUT2D eigenvalue weighted by molar-refractivity contribution is -0.138. The minimum absolute atomic E-state index is 0.0515. The van der Waals surface area contributed by atoms with Gasteiger partial charge in [0.05, 0.1) is 6.54 Å². The van der Waals surface area contributed by atoms with Crippen LogP contribution in [0, 0.1) is 11.3 Å².